The quantitative estimate of drug-likeness (QED) is 0.598. The zero-order valence-electron chi connectivity index (χ0n) is 6.00. The minimum absolute atomic E-state index is 0.863. The Labute approximate surface area is 64.9 Å². The fourth-order valence-corrected chi connectivity index (χ4v) is 1.11. The lowest BCUT2D eigenvalue weighted by Crippen LogP contribution is -1.70. The van der Waals surface area contributed by atoms with Gasteiger partial charge in [0.2, 0.25) is 0 Å². The molecule has 0 aliphatic rings. The highest BCUT2D eigenvalue weighted by Gasteiger charge is 1.98. The van der Waals surface area contributed by atoms with Crippen LogP contribution in [0.25, 0.3) is 17.0 Å². The van der Waals surface area contributed by atoms with Gasteiger partial charge in [-0.05, 0) is 0 Å². The van der Waals surface area contributed by atoms with E-state index < -0.39 is 0 Å². The van der Waals surface area contributed by atoms with Crippen LogP contribution in [0.1, 0.15) is 5.56 Å². The van der Waals surface area contributed by atoms with Gasteiger partial charge >= 0.3 is 0 Å². The van der Waals surface area contributed by atoms with E-state index in [1.54, 1.807) is 12.3 Å². The van der Waals surface area contributed by atoms with E-state index in [1.807, 2.05) is 18.2 Å². The van der Waals surface area contributed by atoms with Gasteiger partial charge in [-0.15, -0.1) is 0 Å². The van der Waals surface area contributed by atoms with Gasteiger partial charge < -0.3 is 4.42 Å². The zero-order chi connectivity index (χ0) is 7.68. The van der Waals surface area contributed by atoms with E-state index in [2.05, 4.69) is 12.6 Å². The Morgan fingerprint density at radius 1 is 1.45 bits per heavy atom. The molecular weight excluding hydrogens is 136 g/mol. The van der Waals surface area contributed by atoms with Crippen LogP contribution >= 0.6 is 0 Å². The van der Waals surface area contributed by atoms with Gasteiger partial charge in [0, 0.05) is 17.0 Å². The van der Waals surface area contributed by atoms with Crippen LogP contribution in [0.5, 0.6) is 0 Å². The first-order valence-electron chi connectivity index (χ1n) is 3.42. The molecule has 1 nitrogen and oxygen atoms in total. The number of para-hydroxylation sites is 1. The van der Waals surface area contributed by atoms with E-state index in [1.165, 1.54) is 0 Å². The second-order valence-corrected chi connectivity index (χ2v) is 2.31. The highest BCUT2D eigenvalue weighted by molar-refractivity contribution is 5.84. The summed E-state index contributed by atoms with van der Waals surface area (Å²) in [6.45, 7) is 3.69. The third kappa shape index (κ3) is 0.855. The number of benzene rings is 1. The SMILES string of the molecule is C=Cc1cccc2[c]coc12. The molecule has 1 heteroatoms. The maximum atomic E-state index is 5.21. The summed E-state index contributed by atoms with van der Waals surface area (Å²) < 4.78 is 5.21. The first-order valence-corrected chi connectivity index (χ1v) is 3.42. The molecule has 1 aromatic carbocycles. The summed E-state index contributed by atoms with van der Waals surface area (Å²) in [5.74, 6) is 0. The molecule has 53 valence electrons. The van der Waals surface area contributed by atoms with E-state index in [4.69, 9.17) is 4.42 Å². The predicted molar refractivity (Wildman–Crippen MR) is 45.1 cm³/mol. The van der Waals surface area contributed by atoms with Crippen LogP contribution in [0.15, 0.2) is 35.5 Å². The van der Waals surface area contributed by atoms with Crippen LogP contribution in [0.3, 0.4) is 0 Å². The van der Waals surface area contributed by atoms with E-state index >= 15 is 0 Å². The second kappa shape index (κ2) is 2.27. The Morgan fingerprint density at radius 3 is 3.18 bits per heavy atom. The van der Waals surface area contributed by atoms with E-state index in [9.17, 15) is 0 Å². The Bertz CT molecular complexity index is 384. The molecule has 0 atom stereocenters. The molecule has 0 bridgehead atoms. The molecule has 2 aromatic rings. The lowest BCUT2D eigenvalue weighted by atomic mass is 10.1. The van der Waals surface area contributed by atoms with Crippen molar-refractivity contribution < 1.29 is 4.42 Å². The van der Waals surface area contributed by atoms with Crippen molar-refractivity contribution in [2.75, 3.05) is 0 Å². The summed E-state index contributed by atoms with van der Waals surface area (Å²) in [6.07, 6.45) is 3.34. The summed E-state index contributed by atoms with van der Waals surface area (Å²) in [7, 11) is 0. The van der Waals surface area contributed by atoms with Gasteiger partial charge in [-0.25, -0.2) is 0 Å². The normalized spacial score (nSPS) is 10.2. The molecule has 0 aliphatic heterocycles. The first kappa shape index (κ1) is 6.23. The van der Waals surface area contributed by atoms with Gasteiger partial charge in [0.25, 0.3) is 0 Å². The van der Waals surface area contributed by atoms with Gasteiger partial charge in [-0.1, -0.05) is 30.9 Å². The summed E-state index contributed by atoms with van der Waals surface area (Å²) in [5, 5.41) is 1.00. The van der Waals surface area contributed by atoms with Crippen LogP contribution in [-0.2, 0) is 0 Å². The second-order valence-electron chi connectivity index (χ2n) is 2.31. The van der Waals surface area contributed by atoms with Crippen LogP contribution in [-0.4, -0.2) is 0 Å². The van der Waals surface area contributed by atoms with E-state index in [-0.39, 0.29) is 0 Å². The van der Waals surface area contributed by atoms with Gasteiger partial charge in [0.1, 0.15) is 5.58 Å². The molecule has 11 heavy (non-hydrogen) atoms. The number of fused-ring (bicyclic) bond motifs is 1. The van der Waals surface area contributed by atoms with Crippen molar-refractivity contribution in [2.45, 2.75) is 0 Å². The third-order valence-electron chi connectivity index (χ3n) is 1.66. The molecule has 1 aromatic heterocycles. The molecule has 1 heterocycles. The Balaban J connectivity index is 2.88. The van der Waals surface area contributed by atoms with Gasteiger partial charge in [0.05, 0.1) is 6.26 Å². The minimum atomic E-state index is 0.863. The fraction of sp³-hybridized carbons (Fsp3) is 0. The topological polar surface area (TPSA) is 13.1 Å². The van der Waals surface area contributed by atoms with Crippen molar-refractivity contribution in [1.29, 1.82) is 0 Å². The molecule has 2 rings (SSSR count). The van der Waals surface area contributed by atoms with Gasteiger partial charge in [0.15, 0.2) is 0 Å². The molecule has 0 saturated heterocycles. The molecule has 0 amide bonds. The molecule has 1 radical (unpaired) electrons. The van der Waals surface area contributed by atoms with Crippen molar-refractivity contribution in [2.24, 2.45) is 0 Å². The number of rotatable bonds is 1. The first-order chi connectivity index (χ1) is 5.42. The Kier molecular flexibility index (Phi) is 1.29. The standard InChI is InChI=1S/C10H7O/c1-2-8-4-3-5-9-6-7-11-10(8)9/h2-5,7H,1H2. The summed E-state index contributed by atoms with van der Waals surface area (Å²) in [6, 6.07) is 8.87. The van der Waals surface area contributed by atoms with Crippen molar-refractivity contribution >= 4 is 17.0 Å². The van der Waals surface area contributed by atoms with E-state index in [0.717, 1.165) is 16.5 Å². The maximum absolute atomic E-state index is 5.21. The molecule has 0 fully saturated rings. The van der Waals surface area contributed by atoms with E-state index in [0.29, 0.717) is 0 Å². The zero-order valence-corrected chi connectivity index (χ0v) is 6.00. The minimum Gasteiger partial charge on any atom is -0.463 e. The predicted octanol–water partition coefficient (Wildman–Crippen LogP) is 2.88. The summed E-state index contributed by atoms with van der Waals surface area (Å²) in [5.41, 5.74) is 1.88. The monoisotopic (exact) mass is 143 g/mol. The summed E-state index contributed by atoms with van der Waals surface area (Å²) >= 11 is 0. The van der Waals surface area contributed by atoms with Crippen molar-refractivity contribution in [3.05, 3.63) is 42.7 Å². The van der Waals surface area contributed by atoms with Crippen molar-refractivity contribution in [3.63, 3.8) is 0 Å². The maximum Gasteiger partial charge on any atom is 0.141 e. The fourth-order valence-electron chi connectivity index (χ4n) is 1.11. The van der Waals surface area contributed by atoms with Crippen LogP contribution in [0.2, 0.25) is 0 Å². The third-order valence-corrected chi connectivity index (χ3v) is 1.66. The van der Waals surface area contributed by atoms with Gasteiger partial charge in [-0.3, -0.25) is 0 Å². The number of hydrogen-bond donors (Lipinski definition) is 0. The lowest BCUT2D eigenvalue weighted by molar-refractivity contribution is 0.614. The molecule has 0 saturated carbocycles. The van der Waals surface area contributed by atoms with Crippen LogP contribution in [0.4, 0.5) is 0 Å². The smallest absolute Gasteiger partial charge is 0.141 e. The average molecular weight is 143 g/mol. The molecular formula is C10H7O. The molecule has 0 aliphatic carbocycles. The van der Waals surface area contributed by atoms with Crippen LogP contribution < -0.4 is 0 Å². The number of furan rings is 1. The number of hydrogen-bond acceptors (Lipinski definition) is 1. The van der Waals surface area contributed by atoms with Crippen molar-refractivity contribution in [3.8, 4) is 0 Å². The van der Waals surface area contributed by atoms with Crippen LogP contribution in [0, 0.1) is 6.07 Å². The molecule has 0 N–H and O–H groups in total. The lowest BCUT2D eigenvalue weighted by Gasteiger charge is -1.91. The average Bonchev–Trinajstić information content (AvgIpc) is 2.50. The molecule has 0 spiro atoms. The highest BCUT2D eigenvalue weighted by Crippen LogP contribution is 2.19. The Hall–Kier alpha value is -1.50. The Morgan fingerprint density at radius 2 is 2.36 bits per heavy atom. The largest absolute Gasteiger partial charge is 0.463 e. The van der Waals surface area contributed by atoms with Crippen molar-refractivity contribution in [1.82, 2.24) is 0 Å². The van der Waals surface area contributed by atoms with Gasteiger partial charge in [-0.2, -0.15) is 0 Å². The molecule has 0 unspecified atom stereocenters. The summed E-state index contributed by atoms with van der Waals surface area (Å²) in [4.78, 5) is 0. The highest BCUT2D eigenvalue weighted by atomic mass is 16.3.